The first-order valence-electron chi connectivity index (χ1n) is 24.2. The number of azo groups is 2. The Labute approximate surface area is 437 Å². The number of anilines is 2. The van der Waals surface area contributed by atoms with E-state index in [-0.39, 0.29) is 24.8 Å². The highest BCUT2D eigenvalue weighted by molar-refractivity contribution is 6.08. The van der Waals surface area contributed by atoms with E-state index in [1.165, 1.54) is 37.9 Å². The number of ketones is 2. The topological polar surface area (TPSA) is 273 Å². The first-order chi connectivity index (χ1) is 33.7. The Hall–Kier alpha value is -5.70. The van der Waals surface area contributed by atoms with E-state index in [1.807, 2.05) is 62.4 Å². The highest BCUT2D eigenvalue weighted by Gasteiger charge is 2.26. The molecule has 72 heavy (non-hydrogen) atoms. The van der Waals surface area contributed by atoms with Crippen molar-refractivity contribution in [3.63, 3.8) is 0 Å². The van der Waals surface area contributed by atoms with Crippen molar-refractivity contribution in [3.8, 4) is 22.6 Å². The van der Waals surface area contributed by atoms with Gasteiger partial charge in [0.1, 0.15) is 22.9 Å². The first-order valence-corrected chi connectivity index (χ1v) is 24.2. The maximum absolute atomic E-state index is 13.4. The number of nitrogens with two attached hydrogens (primary N) is 4. The lowest BCUT2D eigenvalue weighted by molar-refractivity contribution is -0.900. The molecule has 0 saturated carbocycles. The Bertz CT molecular complexity index is 2240. The van der Waals surface area contributed by atoms with Crippen molar-refractivity contribution in [2.24, 2.45) is 43.4 Å². The molecule has 12 N–H and O–H groups in total. The van der Waals surface area contributed by atoms with Crippen LogP contribution in [0.3, 0.4) is 0 Å². The van der Waals surface area contributed by atoms with Gasteiger partial charge < -0.3 is 77.7 Å². The fourth-order valence-electron chi connectivity index (χ4n) is 8.06. The van der Waals surface area contributed by atoms with E-state index < -0.39 is 35.5 Å². The highest BCUT2D eigenvalue weighted by Crippen LogP contribution is 2.32. The molecule has 4 aromatic rings. The van der Waals surface area contributed by atoms with Gasteiger partial charge in [0, 0.05) is 49.9 Å². The van der Waals surface area contributed by atoms with Crippen molar-refractivity contribution in [2.45, 2.75) is 78.3 Å². The number of methoxy groups -OCH3 is 2. The third kappa shape index (κ3) is 19.7. The number of aryl methyl sites for hydroxylation is 2. The fraction of sp³-hybridized carbons (Fsp3) is 0.462. The number of rotatable bonds is 31. The number of amides is 2. The number of quaternary nitrogens is 2. The Kier molecular flexibility index (Phi) is 28.7. The molecular weight excluding hydrogens is 960 g/mol. The molecule has 0 aliphatic rings. The first kappa shape index (κ1) is 62.4. The van der Waals surface area contributed by atoms with Gasteiger partial charge in [0.2, 0.25) is 0 Å². The minimum absolute atomic E-state index is 0. The Balaban J connectivity index is 0.00000888. The summed E-state index contributed by atoms with van der Waals surface area (Å²) in [5.41, 5.74) is 30.3. The van der Waals surface area contributed by atoms with E-state index >= 15 is 0 Å². The van der Waals surface area contributed by atoms with Crippen molar-refractivity contribution in [3.05, 3.63) is 95.1 Å². The predicted molar refractivity (Wildman–Crippen MR) is 276 cm³/mol. The molecule has 0 saturated heterocycles. The van der Waals surface area contributed by atoms with Crippen LogP contribution in [0.15, 0.2) is 93.3 Å². The van der Waals surface area contributed by atoms with Gasteiger partial charge in [-0.05, 0) is 136 Å². The van der Waals surface area contributed by atoms with Gasteiger partial charge in [-0.1, -0.05) is 24.3 Å². The van der Waals surface area contributed by atoms with Gasteiger partial charge in [-0.3, -0.25) is 19.2 Å². The van der Waals surface area contributed by atoms with Crippen LogP contribution in [0.4, 0.5) is 22.7 Å². The third-order valence-corrected chi connectivity index (χ3v) is 12.2. The molecule has 4 aromatic carbocycles. The summed E-state index contributed by atoms with van der Waals surface area (Å²) in [5, 5.41) is 22.6. The van der Waals surface area contributed by atoms with Crippen molar-refractivity contribution in [1.29, 1.82) is 0 Å². The van der Waals surface area contributed by atoms with Crippen LogP contribution in [0, 0.1) is 13.8 Å². The van der Waals surface area contributed by atoms with Gasteiger partial charge in [-0.2, -0.15) is 0 Å². The lowest BCUT2D eigenvalue weighted by Crippen LogP contribution is -3.12. The zero-order chi connectivity index (χ0) is 51.0. The molecule has 0 fully saturated rings. The van der Waals surface area contributed by atoms with Gasteiger partial charge in [0.25, 0.3) is 11.8 Å². The standard InChI is InChI=1S/C52H74N12O6.2ClH/c1-35-31-41(13-15-43(35)57-49(37(3)65)51(67)61-59-45-33-39(11-17-47(45)69-5)19-29-63(25-7-21-53)26-8-22-54)42-14-16-44(36(2)32-42)58-50(38(4)66)52(68)62-60-46-34-40(12-18-48(46)70-6)20-30-64(27-9-23-55)28-10-24-56;;/h11-18,31-34,49-50,57-58H,7-10,19-30,53-56H2,1-6H3;2*1H. The summed E-state index contributed by atoms with van der Waals surface area (Å²) in [4.78, 5) is 55.4. The average molecular weight is 1040 g/mol. The Morgan fingerprint density at radius 2 is 0.875 bits per heavy atom. The molecule has 0 aromatic heterocycles. The minimum Gasteiger partial charge on any atom is -1.00 e. The Morgan fingerprint density at radius 3 is 1.17 bits per heavy atom. The van der Waals surface area contributed by atoms with Crippen molar-refractivity contribution in [2.75, 3.05) is 90.3 Å². The average Bonchev–Trinajstić information content (AvgIpc) is 3.35. The SMILES string of the molecule is COc1ccc(CC[NH+](CCCN)CCCN)cc1N=NC(=O)C(Nc1ccc(-c2ccc(NC(C(C)=O)C(=O)N=Nc3cc(CC[NH+](CCCN)CCCN)ccc3OC)c(C)c2)cc1C)C(C)=O.[Cl-].[Cl-]. The van der Waals surface area contributed by atoms with Crippen LogP contribution in [0.5, 0.6) is 11.5 Å². The summed E-state index contributed by atoms with van der Waals surface area (Å²) < 4.78 is 11.0. The van der Waals surface area contributed by atoms with Crippen molar-refractivity contribution < 1.29 is 63.3 Å². The largest absolute Gasteiger partial charge is 1.00 e. The van der Waals surface area contributed by atoms with E-state index in [0.717, 1.165) is 111 Å². The number of nitrogens with one attached hydrogen (secondary N) is 4. The van der Waals surface area contributed by atoms with Crippen molar-refractivity contribution in [1.82, 2.24) is 0 Å². The van der Waals surface area contributed by atoms with Crippen LogP contribution in [0.1, 0.15) is 61.8 Å². The van der Waals surface area contributed by atoms with Gasteiger partial charge in [0.05, 0.1) is 53.5 Å². The number of Topliss-reactive ketones (excluding diaryl/α,β-unsaturated/α-hetero) is 2. The monoisotopic (exact) mass is 1030 g/mol. The van der Waals surface area contributed by atoms with Gasteiger partial charge in [0.15, 0.2) is 23.7 Å². The maximum Gasteiger partial charge on any atom is 0.294 e. The molecule has 2 unspecified atom stereocenters. The molecule has 20 heteroatoms. The van der Waals surface area contributed by atoms with Crippen LogP contribution in [-0.4, -0.2) is 115 Å². The van der Waals surface area contributed by atoms with Crippen molar-refractivity contribution >= 4 is 46.1 Å². The number of halogens is 2. The van der Waals surface area contributed by atoms with Gasteiger partial charge in [-0.25, -0.2) is 0 Å². The number of ether oxygens (including phenoxy) is 2. The lowest BCUT2D eigenvalue weighted by Gasteiger charge is -2.19. The van der Waals surface area contributed by atoms with Crippen LogP contribution in [0.2, 0.25) is 0 Å². The summed E-state index contributed by atoms with van der Waals surface area (Å²) in [7, 11) is 3.05. The lowest BCUT2D eigenvalue weighted by atomic mass is 9.99. The van der Waals surface area contributed by atoms with Gasteiger partial charge >= 0.3 is 0 Å². The molecule has 394 valence electrons. The number of benzene rings is 4. The summed E-state index contributed by atoms with van der Waals surface area (Å²) >= 11 is 0. The Morgan fingerprint density at radius 1 is 0.528 bits per heavy atom. The number of hydrogen-bond acceptors (Lipinski definition) is 14. The zero-order valence-electron chi connectivity index (χ0n) is 42.7. The summed E-state index contributed by atoms with van der Waals surface area (Å²) in [5.74, 6) is -1.43. The molecule has 0 aliphatic carbocycles. The fourth-order valence-corrected chi connectivity index (χ4v) is 8.06. The molecule has 0 spiro atoms. The van der Waals surface area contributed by atoms with Gasteiger partial charge in [-0.15, -0.1) is 20.5 Å². The van der Waals surface area contributed by atoms with Crippen LogP contribution < -0.4 is 77.7 Å². The quantitative estimate of drug-likeness (QED) is 0.0194. The number of carbonyl (C=O) groups is 4. The third-order valence-electron chi connectivity index (χ3n) is 12.2. The van der Waals surface area contributed by atoms with Crippen LogP contribution >= 0.6 is 0 Å². The maximum atomic E-state index is 13.4. The highest BCUT2D eigenvalue weighted by atomic mass is 35.5. The molecule has 0 bridgehead atoms. The molecular formula is C52H76Cl2N12O6. The number of nitrogens with zero attached hydrogens (tertiary/aromatic N) is 4. The number of hydrogen-bond donors (Lipinski definition) is 8. The molecule has 18 nitrogen and oxygen atoms in total. The second-order valence-electron chi connectivity index (χ2n) is 17.6. The van der Waals surface area contributed by atoms with Crippen LogP contribution in [0.25, 0.3) is 11.1 Å². The molecule has 2 amide bonds. The van der Waals surface area contributed by atoms with E-state index in [1.54, 1.807) is 24.3 Å². The van der Waals surface area contributed by atoms with E-state index in [9.17, 15) is 19.2 Å². The molecule has 0 radical (unpaired) electrons. The number of carbonyl (C=O) groups excluding carboxylic acids is 4. The molecule has 2 atom stereocenters. The van der Waals surface area contributed by atoms with Crippen LogP contribution in [-0.2, 0) is 32.0 Å². The molecule has 4 rings (SSSR count). The van der Waals surface area contributed by atoms with E-state index in [0.29, 0.717) is 60.4 Å². The van der Waals surface area contributed by atoms with E-state index in [4.69, 9.17) is 32.4 Å². The second kappa shape index (κ2) is 33.1. The van der Waals surface area contributed by atoms with E-state index in [2.05, 4.69) is 31.1 Å². The summed E-state index contributed by atoms with van der Waals surface area (Å²) in [6, 6.07) is 19.9. The second-order valence-corrected chi connectivity index (χ2v) is 17.6. The summed E-state index contributed by atoms with van der Waals surface area (Å²) in [6.45, 7) is 14.6. The molecule has 0 heterocycles. The zero-order valence-corrected chi connectivity index (χ0v) is 44.2. The molecule has 0 aliphatic heterocycles. The normalized spacial score (nSPS) is 12.1. The summed E-state index contributed by atoms with van der Waals surface area (Å²) in [6.07, 6.45) is 5.27. The smallest absolute Gasteiger partial charge is 0.294 e. The predicted octanol–water partition coefficient (Wildman–Crippen LogP) is -2.39. The minimum atomic E-state index is -1.28.